The maximum absolute atomic E-state index is 12.4. The van der Waals surface area contributed by atoms with Gasteiger partial charge in [0, 0.05) is 19.8 Å². The Morgan fingerprint density at radius 2 is 1.95 bits per heavy atom. The van der Waals surface area contributed by atoms with E-state index >= 15 is 0 Å². The minimum atomic E-state index is -4.32. The molecule has 0 heterocycles. The lowest BCUT2D eigenvalue weighted by Gasteiger charge is -2.07. The SMILES string of the molecule is CCOCCCNC(N)=NCc1ccc(C(F)(F)F)cc1. The fraction of sp³-hybridized carbons (Fsp3) is 0.500. The molecule has 118 valence electrons. The van der Waals surface area contributed by atoms with Crippen LogP contribution >= 0.6 is 0 Å². The fourth-order valence-electron chi connectivity index (χ4n) is 1.57. The topological polar surface area (TPSA) is 59.6 Å². The number of benzene rings is 1. The third-order valence-corrected chi connectivity index (χ3v) is 2.69. The molecule has 1 aromatic carbocycles. The smallest absolute Gasteiger partial charge is 0.382 e. The molecular formula is C14H20F3N3O. The van der Waals surface area contributed by atoms with Crippen LogP contribution in [0.4, 0.5) is 13.2 Å². The van der Waals surface area contributed by atoms with Crippen LogP contribution in [0.15, 0.2) is 29.3 Å². The average molecular weight is 303 g/mol. The van der Waals surface area contributed by atoms with Gasteiger partial charge in [0.25, 0.3) is 0 Å². The molecule has 0 aliphatic rings. The molecular weight excluding hydrogens is 283 g/mol. The molecule has 0 amide bonds. The third kappa shape index (κ3) is 6.99. The largest absolute Gasteiger partial charge is 0.416 e. The zero-order chi connectivity index (χ0) is 15.7. The second-order valence-corrected chi connectivity index (χ2v) is 4.37. The van der Waals surface area contributed by atoms with E-state index in [0.717, 1.165) is 18.6 Å². The minimum absolute atomic E-state index is 0.239. The summed E-state index contributed by atoms with van der Waals surface area (Å²) in [5.74, 6) is 0.270. The van der Waals surface area contributed by atoms with Crippen LogP contribution in [0.1, 0.15) is 24.5 Å². The van der Waals surface area contributed by atoms with E-state index in [1.165, 1.54) is 12.1 Å². The zero-order valence-corrected chi connectivity index (χ0v) is 11.9. The van der Waals surface area contributed by atoms with Gasteiger partial charge in [0.05, 0.1) is 12.1 Å². The van der Waals surface area contributed by atoms with Gasteiger partial charge in [-0.15, -0.1) is 0 Å². The molecule has 0 aliphatic carbocycles. The molecule has 1 aromatic rings. The highest BCUT2D eigenvalue weighted by Gasteiger charge is 2.29. The molecule has 0 spiro atoms. The van der Waals surface area contributed by atoms with Gasteiger partial charge >= 0.3 is 6.18 Å². The molecule has 0 aromatic heterocycles. The first-order chi connectivity index (χ1) is 9.93. The van der Waals surface area contributed by atoms with Crippen LogP contribution < -0.4 is 11.1 Å². The molecule has 0 atom stereocenters. The lowest BCUT2D eigenvalue weighted by Crippen LogP contribution is -2.32. The maximum atomic E-state index is 12.4. The number of alkyl halides is 3. The second-order valence-electron chi connectivity index (χ2n) is 4.37. The van der Waals surface area contributed by atoms with Crippen LogP contribution in [-0.4, -0.2) is 25.7 Å². The van der Waals surface area contributed by atoms with E-state index in [1.54, 1.807) is 0 Å². The molecule has 21 heavy (non-hydrogen) atoms. The Morgan fingerprint density at radius 1 is 1.29 bits per heavy atom. The van der Waals surface area contributed by atoms with Gasteiger partial charge < -0.3 is 15.8 Å². The van der Waals surface area contributed by atoms with Crippen LogP contribution in [0.3, 0.4) is 0 Å². The molecule has 0 fully saturated rings. The number of halogens is 3. The molecule has 7 heteroatoms. The van der Waals surface area contributed by atoms with Gasteiger partial charge in [-0.1, -0.05) is 12.1 Å². The van der Waals surface area contributed by atoms with E-state index < -0.39 is 11.7 Å². The number of guanidine groups is 1. The Balaban J connectivity index is 2.37. The zero-order valence-electron chi connectivity index (χ0n) is 11.9. The molecule has 0 aliphatic heterocycles. The normalized spacial score (nSPS) is 12.5. The Bertz CT molecular complexity index is 444. The number of ether oxygens (including phenoxy) is 1. The highest BCUT2D eigenvalue weighted by atomic mass is 19.4. The standard InChI is InChI=1S/C14H20F3N3O/c1-2-21-9-3-8-19-13(18)20-10-11-4-6-12(7-5-11)14(15,16)17/h4-7H,2-3,8-10H2,1H3,(H3,18,19,20). The quantitative estimate of drug-likeness (QED) is 0.462. The van der Waals surface area contributed by atoms with Gasteiger partial charge in [-0.25, -0.2) is 4.99 Å². The van der Waals surface area contributed by atoms with Crippen molar-refractivity contribution in [1.29, 1.82) is 0 Å². The number of nitrogens with two attached hydrogens (primary N) is 1. The summed E-state index contributed by atoms with van der Waals surface area (Å²) < 4.78 is 42.4. The molecule has 0 saturated carbocycles. The van der Waals surface area contributed by atoms with Crippen molar-refractivity contribution in [3.63, 3.8) is 0 Å². The van der Waals surface area contributed by atoms with Gasteiger partial charge in [-0.05, 0) is 31.0 Å². The van der Waals surface area contributed by atoms with Gasteiger partial charge in [0.15, 0.2) is 5.96 Å². The van der Waals surface area contributed by atoms with Gasteiger partial charge in [0.1, 0.15) is 0 Å². The average Bonchev–Trinajstić information content (AvgIpc) is 2.44. The van der Waals surface area contributed by atoms with Crippen molar-refractivity contribution in [3.05, 3.63) is 35.4 Å². The Kier molecular flexibility index (Phi) is 7.01. The van der Waals surface area contributed by atoms with Crippen molar-refractivity contribution in [2.24, 2.45) is 10.7 Å². The predicted molar refractivity (Wildman–Crippen MR) is 75.9 cm³/mol. The molecule has 1 rings (SSSR count). The number of nitrogens with zero attached hydrogens (tertiary/aromatic N) is 1. The maximum Gasteiger partial charge on any atom is 0.416 e. The number of nitrogens with one attached hydrogen (secondary N) is 1. The van der Waals surface area contributed by atoms with E-state index in [9.17, 15) is 13.2 Å². The molecule has 4 nitrogen and oxygen atoms in total. The molecule has 0 unspecified atom stereocenters. The Morgan fingerprint density at radius 3 is 2.52 bits per heavy atom. The second kappa shape index (κ2) is 8.51. The van der Waals surface area contributed by atoms with Crippen LogP contribution in [0, 0.1) is 0 Å². The van der Waals surface area contributed by atoms with Crippen LogP contribution in [0.5, 0.6) is 0 Å². The van der Waals surface area contributed by atoms with E-state index in [2.05, 4.69) is 10.3 Å². The van der Waals surface area contributed by atoms with Crippen LogP contribution in [-0.2, 0) is 17.5 Å². The number of rotatable bonds is 7. The first-order valence-corrected chi connectivity index (χ1v) is 6.71. The van der Waals surface area contributed by atoms with Gasteiger partial charge in [0.2, 0.25) is 0 Å². The summed E-state index contributed by atoms with van der Waals surface area (Å²) in [4.78, 5) is 4.07. The predicted octanol–water partition coefficient (Wildman–Crippen LogP) is 2.54. The summed E-state index contributed by atoms with van der Waals surface area (Å²) >= 11 is 0. The van der Waals surface area contributed by atoms with Crippen molar-refractivity contribution < 1.29 is 17.9 Å². The molecule has 0 bridgehead atoms. The number of hydrogen-bond donors (Lipinski definition) is 2. The lowest BCUT2D eigenvalue weighted by molar-refractivity contribution is -0.137. The Labute approximate surface area is 122 Å². The van der Waals surface area contributed by atoms with E-state index in [1.807, 2.05) is 6.92 Å². The summed E-state index contributed by atoms with van der Waals surface area (Å²) in [6.45, 7) is 4.13. The molecule has 3 N–H and O–H groups in total. The highest BCUT2D eigenvalue weighted by molar-refractivity contribution is 5.77. The molecule has 0 saturated heterocycles. The first kappa shape index (κ1) is 17.3. The summed E-state index contributed by atoms with van der Waals surface area (Å²) in [6.07, 6.45) is -3.51. The Hall–Kier alpha value is -1.76. The van der Waals surface area contributed by atoms with E-state index in [0.29, 0.717) is 25.3 Å². The summed E-state index contributed by atoms with van der Waals surface area (Å²) in [6, 6.07) is 4.87. The highest BCUT2D eigenvalue weighted by Crippen LogP contribution is 2.29. The van der Waals surface area contributed by atoms with Crippen molar-refractivity contribution in [2.45, 2.75) is 26.1 Å². The monoisotopic (exact) mass is 303 g/mol. The summed E-state index contributed by atoms with van der Waals surface area (Å²) in [5.41, 5.74) is 5.65. The van der Waals surface area contributed by atoms with Crippen LogP contribution in [0.2, 0.25) is 0 Å². The van der Waals surface area contributed by atoms with Crippen molar-refractivity contribution >= 4 is 5.96 Å². The van der Waals surface area contributed by atoms with Gasteiger partial charge in [-0.3, -0.25) is 0 Å². The van der Waals surface area contributed by atoms with Crippen molar-refractivity contribution in [3.8, 4) is 0 Å². The first-order valence-electron chi connectivity index (χ1n) is 6.71. The van der Waals surface area contributed by atoms with Gasteiger partial charge in [-0.2, -0.15) is 13.2 Å². The summed E-state index contributed by atoms with van der Waals surface area (Å²) in [7, 11) is 0. The van der Waals surface area contributed by atoms with Crippen LogP contribution in [0.25, 0.3) is 0 Å². The minimum Gasteiger partial charge on any atom is -0.382 e. The van der Waals surface area contributed by atoms with E-state index in [4.69, 9.17) is 10.5 Å². The van der Waals surface area contributed by atoms with Crippen molar-refractivity contribution in [1.82, 2.24) is 5.32 Å². The third-order valence-electron chi connectivity index (χ3n) is 2.69. The number of hydrogen-bond acceptors (Lipinski definition) is 2. The van der Waals surface area contributed by atoms with Crippen molar-refractivity contribution in [2.75, 3.05) is 19.8 Å². The fourth-order valence-corrected chi connectivity index (χ4v) is 1.57. The van der Waals surface area contributed by atoms with E-state index in [-0.39, 0.29) is 12.5 Å². The number of aliphatic imine (C=N–C) groups is 1. The molecule has 0 radical (unpaired) electrons. The lowest BCUT2D eigenvalue weighted by atomic mass is 10.1. The summed E-state index contributed by atoms with van der Waals surface area (Å²) in [5, 5.41) is 2.92.